The highest BCUT2D eigenvalue weighted by atomic mass is 127. The molecule has 2 N–H and O–H groups in total. The fourth-order valence-electron chi connectivity index (χ4n) is 2.03. The van der Waals surface area contributed by atoms with Crippen LogP contribution in [0.3, 0.4) is 0 Å². The number of anilines is 1. The van der Waals surface area contributed by atoms with E-state index in [9.17, 15) is 0 Å². The number of hydrogen-bond donors (Lipinski definition) is 1. The second-order valence-corrected chi connectivity index (χ2v) is 6.56. The summed E-state index contributed by atoms with van der Waals surface area (Å²) < 4.78 is 7.24. The topological polar surface area (TPSA) is 35.2 Å². The number of nitrogen functional groups attached to an aromatic ring is 1. The molecule has 0 fully saturated rings. The first-order valence-corrected chi connectivity index (χ1v) is 7.82. The lowest BCUT2D eigenvalue weighted by atomic mass is 9.99. The Bertz CT molecular complexity index is 591. The standard InChI is InChI=1S/C17H20INO/c1-11(2)15-9-16(19)12(3)8-17(15)20-10-13-4-6-14(18)7-5-13/h4-9,11H,10,19H2,1-3H3. The summed E-state index contributed by atoms with van der Waals surface area (Å²) in [6, 6.07) is 12.5. The Morgan fingerprint density at radius 3 is 2.40 bits per heavy atom. The molecule has 0 spiro atoms. The smallest absolute Gasteiger partial charge is 0.123 e. The van der Waals surface area contributed by atoms with Gasteiger partial charge in [-0.15, -0.1) is 0 Å². The van der Waals surface area contributed by atoms with Gasteiger partial charge >= 0.3 is 0 Å². The van der Waals surface area contributed by atoms with Crippen LogP contribution in [0.4, 0.5) is 5.69 Å². The molecule has 2 aromatic rings. The van der Waals surface area contributed by atoms with Crippen LogP contribution in [-0.4, -0.2) is 0 Å². The summed E-state index contributed by atoms with van der Waals surface area (Å²) in [7, 11) is 0. The van der Waals surface area contributed by atoms with Gasteiger partial charge in [0.15, 0.2) is 0 Å². The number of benzene rings is 2. The second kappa shape index (κ2) is 6.48. The third-order valence-corrected chi connectivity index (χ3v) is 4.05. The van der Waals surface area contributed by atoms with Gasteiger partial charge in [0.1, 0.15) is 12.4 Å². The minimum atomic E-state index is 0.393. The second-order valence-electron chi connectivity index (χ2n) is 5.32. The molecule has 0 unspecified atom stereocenters. The molecular formula is C17H20INO. The Morgan fingerprint density at radius 2 is 1.80 bits per heavy atom. The quantitative estimate of drug-likeness (QED) is 0.605. The van der Waals surface area contributed by atoms with Gasteiger partial charge in [0, 0.05) is 9.26 Å². The summed E-state index contributed by atoms with van der Waals surface area (Å²) in [6.45, 7) is 6.90. The Kier molecular flexibility index (Phi) is 4.91. The zero-order chi connectivity index (χ0) is 14.7. The molecule has 0 atom stereocenters. The maximum Gasteiger partial charge on any atom is 0.123 e. The van der Waals surface area contributed by atoms with E-state index in [0.29, 0.717) is 12.5 Å². The van der Waals surface area contributed by atoms with E-state index in [1.54, 1.807) is 0 Å². The van der Waals surface area contributed by atoms with Crippen LogP contribution < -0.4 is 10.5 Å². The lowest BCUT2D eigenvalue weighted by Gasteiger charge is -2.16. The molecule has 20 heavy (non-hydrogen) atoms. The highest BCUT2D eigenvalue weighted by Gasteiger charge is 2.10. The number of halogens is 1. The van der Waals surface area contributed by atoms with E-state index >= 15 is 0 Å². The molecule has 106 valence electrons. The van der Waals surface area contributed by atoms with Gasteiger partial charge in [-0.25, -0.2) is 0 Å². The molecule has 2 rings (SSSR count). The third-order valence-electron chi connectivity index (χ3n) is 3.33. The van der Waals surface area contributed by atoms with E-state index in [2.05, 4.69) is 60.7 Å². The molecule has 2 nitrogen and oxygen atoms in total. The lowest BCUT2D eigenvalue weighted by molar-refractivity contribution is 0.301. The monoisotopic (exact) mass is 381 g/mol. The van der Waals surface area contributed by atoms with Gasteiger partial charge in [0.2, 0.25) is 0 Å². The normalized spacial score (nSPS) is 10.8. The van der Waals surface area contributed by atoms with E-state index in [1.165, 1.54) is 14.7 Å². The van der Waals surface area contributed by atoms with Gasteiger partial charge in [-0.1, -0.05) is 26.0 Å². The molecule has 0 radical (unpaired) electrons. The number of hydrogen-bond acceptors (Lipinski definition) is 2. The van der Waals surface area contributed by atoms with Crippen molar-refractivity contribution in [2.45, 2.75) is 33.3 Å². The minimum Gasteiger partial charge on any atom is -0.489 e. The van der Waals surface area contributed by atoms with Crippen LogP contribution in [0.1, 0.15) is 36.5 Å². The zero-order valence-corrected chi connectivity index (χ0v) is 14.3. The van der Waals surface area contributed by atoms with Crippen molar-refractivity contribution >= 4 is 28.3 Å². The van der Waals surface area contributed by atoms with Crippen LogP contribution >= 0.6 is 22.6 Å². The molecule has 3 heteroatoms. The average molecular weight is 381 g/mol. The summed E-state index contributed by atoms with van der Waals surface area (Å²) in [4.78, 5) is 0. The number of ether oxygens (including phenoxy) is 1. The maximum atomic E-state index is 6.00. The minimum absolute atomic E-state index is 0.393. The van der Waals surface area contributed by atoms with Crippen molar-refractivity contribution < 1.29 is 4.74 Å². The first-order valence-electron chi connectivity index (χ1n) is 6.74. The van der Waals surface area contributed by atoms with Crippen molar-refractivity contribution in [3.05, 3.63) is 56.7 Å². The van der Waals surface area contributed by atoms with Gasteiger partial charge in [0.25, 0.3) is 0 Å². The van der Waals surface area contributed by atoms with Gasteiger partial charge in [-0.05, 0) is 76.4 Å². The Morgan fingerprint density at radius 1 is 1.15 bits per heavy atom. The van der Waals surface area contributed by atoms with Crippen LogP contribution in [-0.2, 0) is 6.61 Å². The van der Waals surface area contributed by atoms with E-state index in [1.807, 2.05) is 19.1 Å². The van der Waals surface area contributed by atoms with Crippen molar-refractivity contribution in [2.24, 2.45) is 0 Å². The van der Waals surface area contributed by atoms with Crippen molar-refractivity contribution in [2.75, 3.05) is 5.73 Å². The number of aryl methyl sites for hydroxylation is 1. The molecule has 0 amide bonds. The summed E-state index contributed by atoms with van der Waals surface area (Å²) in [6.07, 6.45) is 0. The van der Waals surface area contributed by atoms with Gasteiger partial charge in [-0.2, -0.15) is 0 Å². The zero-order valence-electron chi connectivity index (χ0n) is 12.1. The van der Waals surface area contributed by atoms with E-state index in [4.69, 9.17) is 10.5 Å². The van der Waals surface area contributed by atoms with Gasteiger partial charge in [0.05, 0.1) is 0 Å². The third kappa shape index (κ3) is 3.66. The van der Waals surface area contributed by atoms with Gasteiger partial charge in [-0.3, -0.25) is 0 Å². The van der Waals surface area contributed by atoms with Crippen LogP contribution in [0.15, 0.2) is 36.4 Å². The van der Waals surface area contributed by atoms with Crippen LogP contribution in [0.5, 0.6) is 5.75 Å². The fourth-order valence-corrected chi connectivity index (χ4v) is 2.39. The van der Waals surface area contributed by atoms with E-state index in [0.717, 1.165) is 17.0 Å². The largest absolute Gasteiger partial charge is 0.489 e. The number of rotatable bonds is 4. The molecular weight excluding hydrogens is 361 g/mol. The Labute approximate surface area is 134 Å². The predicted octanol–water partition coefficient (Wildman–Crippen LogP) is 4.88. The number of nitrogens with two attached hydrogens (primary N) is 1. The average Bonchev–Trinajstić information content (AvgIpc) is 2.41. The highest BCUT2D eigenvalue weighted by Crippen LogP contribution is 2.31. The molecule has 0 aliphatic heterocycles. The van der Waals surface area contributed by atoms with Gasteiger partial charge < -0.3 is 10.5 Å². The fraction of sp³-hybridized carbons (Fsp3) is 0.294. The highest BCUT2D eigenvalue weighted by molar-refractivity contribution is 14.1. The summed E-state index contributed by atoms with van der Waals surface area (Å²) in [5.74, 6) is 1.33. The van der Waals surface area contributed by atoms with Crippen molar-refractivity contribution in [1.29, 1.82) is 0 Å². The first kappa shape index (κ1) is 15.2. The summed E-state index contributed by atoms with van der Waals surface area (Å²) in [5, 5.41) is 0. The maximum absolute atomic E-state index is 6.00. The Hall–Kier alpha value is -1.23. The molecule has 0 saturated heterocycles. The van der Waals surface area contributed by atoms with E-state index in [-0.39, 0.29) is 0 Å². The van der Waals surface area contributed by atoms with Crippen molar-refractivity contribution in [3.63, 3.8) is 0 Å². The molecule has 0 aliphatic carbocycles. The molecule has 0 bridgehead atoms. The molecule has 0 aromatic heterocycles. The van der Waals surface area contributed by atoms with Crippen LogP contribution in [0, 0.1) is 10.5 Å². The molecule has 0 saturated carbocycles. The summed E-state index contributed by atoms with van der Waals surface area (Å²) >= 11 is 2.30. The molecule has 2 aromatic carbocycles. The SMILES string of the molecule is Cc1cc(OCc2ccc(I)cc2)c(C(C)C)cc1N. The summed E-state index contributed by atoms with van der Waals surface area (Å²) in [5.41, 5.74) is 10.2. The molecule has 0 aliphatic rings. The van der Waals surface area contributed by atoms with Crippen LogP contribution in [0.2, 0.25) is 0 Å². The van der Waals surface area contributed by atoms with Crippen molar-refractivity contribution in [3.8, 4) is 5.75 Å². The Balaban J connectivity index is 2.20. The van der Waals surface area contributed by atoms with E-state index < -0.39 is 0 Å². The lowest BCUT2D eigenvalue weighted by Crippen LogP contribution is -2.02. The van der Waals surface area contributed by atoms with Crippen molar-refractivity contribution in [1.82, 2.24) is 0 Å². The molecule has 0 heterocycles. The van der Waals surface area contributed by atoms with Crippen LogP contribution in [0.25, 0.3) is 0 Å². The first-order chi connectivity index (χ1) is 9.47. The predicted molar refractivity (Wildman–Crippen MR) is 93.2 cm³/mol.